The fourth-order valence-corrected chi connectivity index (χ4v) is 9.92. The highest BCUT2D eigenvalue weighted by Gasteiger charge is 2.60. The van der Waals surface area contributed by atoms with Gasteiger partial charge in [0.05, 0.1) is 11.6 Å². The van der Waals surface area contributed by atoms with E-state index in [4.69, 9.17) is 0 Å². The summed E-state index contributed by atoms with van der Waals surface area (Å²) < 4.78 is 1.51. The topological polar surface area (TPSA) is 68.0 Å². The Balaban J connectivity index is 1.13. The lowest BCUT2D eigenvalue weighted by molar-refractivity contribution is -0.129. The van der Waals surface area contributed by atoms with Gasteiger partial charge in [-0.3, -0.25) is 4.79 Å². The first kappa shape index (κ1) is 23.6. The number of aliphatic hydroxyl groups excluding tert-OH is 1. The van der Waals surface area contributed by atoms with Gasteiger partial charge in [0.1, 0.15) is 5.52 Å². The molecule has 0 saturated heterocycles. The minimum Gasteiger partial charge on any atom is -0.393 e. The maximum Gasteiger partial charge on any atom is 0.248 e. The Bertz CT molecular complexity index is 1100. The molecule has 3 unspecified atom stereocenters. The first-order chi connectivity index (χ1) is 16.8. The molecule has 9 atom stereocenters. The summed E-state index contributed by atoms with van der Waals surface area (Å²) in [5, 5.41) is 18.6. The minimum absolute atomic E-state index is 0.0617. The molecule has 0 radical (unpaired) electrons. The fourth-order valence-electron chi connectivity index (χ4n) is 9.92. The number of aliphatic hydroxyl groups is 1. The van der Waals surface area contributed by atoms with Crippen molar-refractivity contribution in [2.24, 2.45) is 46.3 Å². The lowest BCUT2D eigenvalue weighted by Gasteiger charge is -2.61. The summed E-state index contributed by atoms with van der Waals surface area (Å²) in [5.41, 5.74) is 2.46. The number of carbonyl (C=O) groups is 1. The van der Waals surface area contributed by atoms with E-state index in [1.807, 2.05) is 24.3 Å². The summed E-state index contributed by atoms with van der Waals surface area (Å²) in [6, 6.07) is 7.72. The van der Waals surface area contributed by atoms with Gasteiger partial charge in [-0.25, -0.2) is 0 Å². The zero-order valence-corrected chi connectivity index (χ0v) is 21.8. The molecule has 4 fully saturated rings. The highest BCUT2D eigenvalue weighted by molar-refractivity contribution is 5.88. The van der Waals surface area contributed by atoms with E-state index >= 15 is 0 Å². The Morgan fingerprint density at radius 2 is 1.83 bits per heavy atom. The van der Waals surface area contributed by atoms with Gasteiger partial charge in [0, 0.05) is 6.42 Å². The molecule has 0 amide bonds. The monoisotopic (exact) mass is 477 g/mol. The predicted molar refractivity (Wildman–Crippen MR) is 138 cm³/mol. The van der Waals surface area contributed by atoms with Crippen LogP contribution in [0.2, 0.25) is 0 Å². The first-order valence-electron chi connectivity index (χ1n) is 14.3. The molecule has 6 rings (SSSR count). The molecule has 35 heavy (non-hydrogen) atoms. The van der Waals surface area contributed by atoms with Gasteiger partial charge in [0.2, 0.25) is 5.91 Å². The molecule has 5 heteroatoms. The predicted octanol–water partition coefficient (Wildman–Crippen LogP) is 6.51. The van der Waals surface area contributed by atoms with Crippen molar-refractivity contribution in [3.8, 4) is 0 Å². The van der Waals surface area contributed by atoms with Crippen LogP contribution in [0.5, 0.6) is 0 Å². The molecule has 4 aliphatic rings. The zero-order valence-electron chi connectivity index (χ0n) is 21.8. The van der Waals surface area contributed by atoms with Gasteiger partial charge in [-0.05, 0) is 123 Å². The number of aromatic nitrogens is 3. The normalized spacial score (nSPS) is 41.7. The summed E-state index contributed by atoms with van der Waals surface area (Å²) in [7, 11) is 0. The Kier molecular flexibility index (Phi) is 5.86. The SMILES string of the molecule is C[C@H](CCC(=O)n1nnc2ccccc21)[C@H]1CCC2C3CC[C@@H]4C[C@H](O)CC[C@]4(C)C3CC[C@@]21C. The molecule has 5 nitrogen and oxygen atoms in total. The highest BCUT2D eigenvalue weighted by Crippen LogP contribution is 2.68. The molecule has 0 bridgehead atoms. The van der Waals surface area contributed by atoms with E-state index in [0.717, 1.165) is 54.0 Å². The standard InChI is InChI=1S/C30H43N3O2/c1-19(8-13-28(35)33-27-7-5-4-6-26(27)31-32-33)23-11-12-24-22-10-9-20-18-21(34)14-16-29(20,2)25(22)15-17-30(23,24)3/h4-7,19-25,34H,8-18H2,1-3H3/t19-,20-,21-,22?,23-,24?,25?,29+,30-/m1/s1. The molecule has 4 saturated carbocycles. The van der Waals surface area contributed by atoms with E-state index in [-0.39, 0.29) is 12.0 Å². The molecular weight excluding hydrogens is 434 g/mol. The number of para-hydroxylation sites is 1. The van der Waals surface area contributed by atoms with Crippen LogP contribution < -0.4 is 0 Å². The third kappa shape index (κ3) is 3.70. The molecule has 0 spiro atoms. The summed E-state index contributed by atoms with van der Waals surface area (Å²) in [4.78, 5) is 13.0. The van der Waals surface area contributed by atoms with Gasteiger partial charge < -0.3 is 5.11 Å². The van der Waals surface area contributed by atoms with Crippen LogP contribution in [0.25, 0.3) is 11.0 Å². The second-order valence-electron chi connectivity index (χ2n) is 13.2. The third-order valence-electron chi connectivity index (χ3n) is 11.8. The van der Waals surface area contributed by atoms with Gasteiger partial charge in [-0.15, -0.1) is 5.10 Å². The summed E-state index contributed by atoms with van der Waals surface area (Å²) in [5.74, 6) is 4.62. The van der Waals surface area contributed by atoms with Crippen molar-refractivity contribution in [1.29, 1.82) is 0 Å². The number of fused-ring (bicyclic) bond motifs is 6. The van der Waals surface area contributed by atoms with Crippen LogP contribution in [0.4, 0.5) is 0 Å². The average Bonchev–Trinajstić information content (AvgIpc) is 3.44. The van der Waals surface area contributed by atoms with Crippen molar-refractivity contribution in [2.45, 2.75) is 97.5 Å². The lowest BCUT2D eigenvalue weighted by atomic mass is 9.44. The number of rotatable bonds is 4. The molecular formula is C30H43N3O2. The highest BCUT2D eigenvalue weighted by atomic mass is 16.3. The van der Waals surface area contributed by atoms with E-state index in [9.17, 15) is 9.90 Å². The van der Waals surface area contributed by atoms with Gasteiger partial charge in [-0.1, -0.05) is 38.1 Å². The minimum atomic E-state index is -0.0617. The summed E-state index contributed by atoms with van der Waals surface area (Å²) in [6.07, 6.45) is 12.8. The van der Waals surface area contributed by atoms with Crippen molar-refractivity contribution >= 4 is 16.9 Å². The van der Waals surface area contributed by atoms with Gasteiger partial charge in [0.15, 0.2) is 0 Å². The number of carbonyl (C=O) groups excluding carboxylic acids is 1. The lowest BCUT2D eigenvalue weighted by Crippen LogP contribution is -2.54. The van der Waals surface area contributed by atoms with Crippen LogP contribution in [-0.4, -0.2) is 32.1 Å². The Labute approximate surface area is 210 Å². The zero-order chi connectivity index (χ0) is 24.4. The van der Waals surface area contributed by atoms with Crippen molar-refractivity contribution in [1.82, 2.24) is 15.0 Å². The van der Waals surface area contributed by atoms with Crippen molar-refractivity contribution in [3.63, 3.8) is 0 Å². The van der Waals surface area contributed by atoms with Crippen molar-refractivity contribution < 1.29 is 9.90 Å². The second kappa shape index (κ2) is 8.68. The average molecular weight is 478 g/mol. The van der Waals surface area contributed by atoms with Crippen LogP contribution in [0.3, 0.4) is 0 Å². The summed E-state index contributed by atoms with van der Waals surface area (Å²) in [6.45, 7) is 7.59. The fraction of sp³-hybridized carbons (Fsp3) is 0.767. The van der Waals surface area contributed by atoms with Crippen LogP contribution >= 0.6 is 0 Å². The maximum atomic E-state index is 13.0. The Hall–Kier alpha value is -1.75. The van der Waals surface area contributed by atoms with E-state index in [1.165, 1.54) is 49.6 Å². The van der Waals surface area contributed by atoms with Crippen LogP contribution in [-0.2, 0) is 0 Å². The van der Waals surface area contributed by atoms with Crippen LogP contribution in [0.1, 0.15) is 96.2 Å². The molecule has 1 aromatic carbocycles. The summed E-state index contributed by atoms with van der Waals surface area (Å²) >= 11 is 0. The maximum absolute atomic E-state index is 13.0. The largest absolute Gasteiger partial charge is 0.393 e. The quantitative estimate of drug-likeness (QED) is 0.545. The Morgan fingerprint density at radius 1 is 1.06 bits per heavy atom. The second-order valence-corrected chi connectivity index (χ2v) is 13.2. The number of hydrogen-bond donors (Lipinski definition) is 1. The molecule has 1 aromatic heterocycles. The van der Waals surface area contributed by atoms with Crippen molar-refractivity contribution in [3.05, 3.63) is 24.3 Å². The van der Waals surface area contributed by atoms with E-state index < -0.39 is 0 Å². The van der Waals surface area contributed by atoms with Crippen molar-refractivity contribution in [2.75, 3.05) is 0 Å². The first-order valence-corrected chi connectivity index (χ1v) is 14.3. The van der Waals surface area contributed by atoms with Crippen LogP contribution in [0, 0.1) is 46.3 Å². The van der Waals surface area contributed by atoms with Crippen LogP contribution in [0.15, 0.2) is 24.3 Å². The van der Waals surface area contributed by atoms with E-state index in [1.54, 1.807) is 0 Å². The molecule has 190 valence electrons. The van der Waals surface area contributed by atoms with E-state index in [0.29, 0.717) is 29.1 Å². The smallest absolute Gasteiger partial charge is 0.248 e. The van der Waals surface area contributed by atoms with Gasteiger partial charge in [-0.2, -0.15) is 4.68 Å². The number of hydrogen-bond acceptors (Lipinski definition) is 4. The Morgan fingerprint density at radius 3 is 2.69 bits per heavy atom. The molecule has 1 N–H and O–H groups in total. The van der Waals surface area contributed by atoms with Gasteiger partial charge >= 0.3 is 0 Å². The van der Waals surface area contributed by atoms with Gasteiger partial charge in [0.25, 0.3) is 0 Å². The third-order valence-corrected chi connectivity index (χ3v) is 11.8. The molecule has 0 aliphatic heterocycles. The number of nitrogens with zero attached hydrogens (tertiary/aromatic N) is 3. The number of benzene rings is 1. The molecule has 1 heterocycles. The molecule has 2 aromatic rings. The molecule has 4 aliphatic carbocycles. The van der Waals surface area contributed by atoms with E-state index in [2.05, 4.69) is 31.1 Å².